The lowest BCUT2D eigenvalue weighted by atomic mass is 9.84. The van der Waals surface area contributed by atoms with Crippen molar-refractivity contribution in [2.75, 3.05) is 13.1 Å². The summed E-state index contributed by atoms with van der Waals surface area (Å²) in [6.07, 6.45) is 5.39. The average molecular weight is 344 g/mol. The van der Waals surface area contributed by atoms with Crippen LogP contribution in [0, 0.1) is 11.8 Å². The van der Waals surface area contributed by atoms with Crippen molar-refractivity contribution in [1.29, 1.82) is 0 Å². The zero-order valence-corrected chi connectivity index (χ0v) is 14.9. The number of amides is 1. The number of aromatic carboxylic acids is 1. The van der Waals surface area contributed by atoms with E-state index in [4.69, 9.17) is 0 Å². The summed E-state index contributed by atoms with van der Waals surface area (Å²) in [6, 6.07) is 7.38. The predicted molar refractivity (Wildman–Crippen MR) is 96.3 cm³/mol. The molecule has 0 bridgehead atoms. The lowest BCUT2D eigenvalue weighted by molar-refractivity contribution is -0.128. The molecule has 0 unspecified atom stereocenters. The Bertz CT molecular complexity index is 627. The first-order valence-corrected chi connectivity index (χ1v) is 9.42. The quantitative estimate of drug-likeness (QED) is 0.798. The molecule has 1 aromatic rings. The maximum Gasteiger partial charge on any atom is 0.336 e. The second-order valence-corrected chi connectivity index (χ2v) is 7.45. The van der Waals surface area contributed by atoms with E-state index in [0.29, 0.717) is 18.0 Å². The van der Waals surface area contributed by atoms with Crippen LogP contribution in [-0.2, 0) is 11.3 Å². The average Bonchev–Trinajstić information content (AvgIpc) is 2.87. The van der Waals surface area contributed by atoms with Crippen molar-refractivity contribution in [3.8, 4) is 0 Å². The number of carbonyl (C=O) groups excluding carboxylic acids is 1. The van der Waals surface area contributed by atoms with Gasteiger partial charge in [0.05, 0.1) is 5.56 Å². The van der Waals surface area contributed by atoms with Gasteiger partial charge in [0.15, 0.2) is 0 Å². The van der Waals surface area contributed by atoms with Gasteiger partial charge in [0.2, 0.25) is 5.91 Å². The molecule has 1 saturated heterocycles. The van der Waals surface area contributed by atoms with E-state index in [1.165, 1.54) is 6.42 Å². The molecule has 2 N–H and O–H groups in total. The van der Waals surface area contributed by atoms with E-state index in [-0.39, 0.29) is 17.9 Å². The minimum absolute atomic E-state index is 0.185. The van der Waals surface area contributed by atoms with Gasteiger partial charge in [-0.3, -0.25) is 9.69 Å². The van der Waals surface area contributed by atoms with Gasteiger partial charge in [-0.05, 0) is 36.8 Å². The van der Waals surface area contributed by atoms with Crippen LogP contribution < -0.4 is 5.32 Å². The fourth-order valence-corrected chi connectivity index (χ4v) is 4.00. The summed E-state index contributed by atoms with van der Waals surface area (Å²) in [4.78, 5) is 26.0. The monoisotopic (exact) mass is 344 g/mol. The van der Waals surface area contributed by atoms with E-state index in [0.717, 1.165) is 44.3 Å². The first-order chi connectivity index (χ1) is 12.1. The lowest BCUT2D eigenvalue weighted by Crippen LogP contribution is -2.45. The van der Waals surface area contributed by atoms with Gasteiger partial charge in [-0.2, -0.15) is 0 Å². The predicted octanol–water partition coefficient (Wildman–Crippen LogP) is 2.90. The number of nitrogens with one attached hydrogen (secondary N) is 1. The fraction of sp³-hybridized carbons (Fsp3) is 0.600. The molecule has 0 radical (unpaired) electrons. The van der Waals surface area contributed by atoms with Gasteiger partial charge in [-0.15, -0.1) is 0 Å². The largest absolute Gasteiger partial charge is 0.478 e. The Morgan fingerprint density at radius 1 is 1.24 bits per heavy atom. The van der Waals surface area contributed by atoms with E-state index in [1.54, 1.807) is 12.1 Å². The van der Waals surface area contributed by atoms with Gasteiger partial charge >= 0.3 is 5.97 Å². The lowest BCUT2D eigenvalue weighted by Gasteiger charge is -2.28. The van der Waals surface area contributed by atoms with Crippen molar-refractivity contribution in [3.63, 3.8) is 0 Å². The van der Waals surface area contributed by atoms with E-state index in [1.807, 2.05) is 12.1 Å². The number of hydrogen-bond donors (Lipinski definition) is 2. The van der Waals surface area contributed by atoms with Crippen molar-refractivity contribution < 1.29 is 14.7 Å². The van der Waals surface area contributed by atoms with Crippen molar-refractivity contribution in [3.05, 3.63) is 35.4 Å². The Labute approximate surface area is 149 Å². The molecule has 136 valence electrons. The SMILES string of the molecule is CCC[C@H]1CN(Cc2ccccc2C(=O)O)C[C@@H]1NC(=O)C1CCC1. The maximum atomic E-state index is 12.3. The van der Waals surface area contributed by atoms with Gasteiger partial charge < -0.3 is 10.4 Å². The molecular weight excluding hydrogens is 316 g/mol. The molecule has 2 aliphatic rings. The van der Waals surface area contributed by atoms with Gasteiger partial charge in [-0.1, -0.05) is 38.0 Å². The molecule has 2 atom stereocenters. The first-order valence-electron chi connectivity index (χ1n) is 9.42. The topological polar surface area (TPSA) is 69.6 Å². The standard InChI is InChI=1S/C20H28N2O3/c1-2-6-16-12-22(11-15-7-3-4-10-17(15)20(24)25)13-18(16)21-19(23)14-8-5-9-14/h3-4,7,10,14,16,18H,2,5-6,8-9,11-13H2,1H3,(H,21,23)(H,24,25)/t16-,18-/m0/s1. The van der Waals surface area contributed by atoms with E-state index >= 15 is 0 Å². The highest BCUT2D eigenvalue weighted by molar-refractivity contribution is 5.89. The third-order valence-corrected chi connectivity index (χ3v) is 5.62. The number of rotatable bonds is 7. The molecule has 1 aromatic carbocycles. The Hall–Kier alpha value is -1.88. The molecule has 5 heteroatoms. The normalized spacial score (nSPS) is 24.0. The molecule has 1 aliphatic carbocycles. The highest BCUT2D eigenvalue weighted by atomic mass is 16.4. The summed E-state index contributed by atoms with van der Waals surface area (Å²) in [5.41, 5.74) is 1.22. The minimum Gasteiger partial charge on any atom is -0.478 e. The minimum atomic E-state index is -0.880. The molecule has 0 aromatic heterocycles. The third kappa shape index (κ3) is 4.21. The van der Waals surface area contributed by atoms with Gasteiger partial charge in [0.25, 0.3) is 0 Å². The van der Waals surface area contributed by atoms with Crippen molar-refractivity contribution in [2.24, 2.45) is 11.8 Å². The summed E-state index contributed by atoms with van der Waals surface area (Å²) in [6.45, 7) is 4.51. The van der Waals surface area contributed by atoms with Crippen LogP contribution in [0.25, 0.3) is 0 Å². The molecule has 3 rings (SSSR count). The molecule has 25 heavy (non-hydrogen) atoms. The summed E-state index contributed by atoms with van der Waals surface area (Å²) < 4.78 is 0. The molecule has 1 amide bonds. The Kier molecular flexibility index (Phi) is 5.74. The zero-order valence-electron chi connectivity index (χ0n) is 14.9. The maximum absolute atomic E-state index is 12.3. The molecule has 5 nitrogen and oxygen atoms in total. The van der Waals surface area contributed by atoms with E-state index in [2.05, 4.69) is 17.1 Å². The third-order valence-electron chi connectivity index (χ3n) is 5.62. The summed E-state index contributed by atoms with van der Waals surface area (Å²) in [7, 11) is 0. The number of benzene rings is 1. The van der Waals surface area contributed by atoms with Crippen molar-refractivity contribution in [1.82, 2.24) is 10.2 Å². The fourth-order valence-electron chi connectivity index (χ4n) is 4.00. The van der Waals surface area contributed by atoms with E-state index in [9.17, 15) is 14.7 Å². The second-order valence-electron chi connectivity index (χ2n) is 7.45. The smallest absolute Gasteiger partial charge is 0.336 e. The number of carboxylic acids is 1. The highest BCUT2D eigenvalue weighted by Crippen LogP contribution is 2.29. The van der Waals surface area contributed by atoms with Crippen LogP contribution >= 0.6 is 0 Å². The molecule has 1 aliphatic heterocycles. The Morgan fingerprint density at radius 2 is 2.00 bits per heavy atom. The van der Waals surface area contributed by atoms with Gasteiger partial charge in [-0.25, -0.2) is 4.79 Å². The molecule has 1 saturated carbocycles. The van der Waals surface area contributed by atoms with Crippen molar-refractivity contribution in [2.45, 2.75) is 51.6 Å². The number of nitrogens with zero attached hydrogens (tertiary/aromatic N) is 1. The molecular formula is C20H28N2O3. The van der Waals surface area contributed by atoms with Gasteiger partial charge in [0.1, 0.15) is 0 Å². The summed E-state index contributed by atoms with van der Waals surface area (Å²) >= 11 is 0. The summed E-state index contributed by atoms with van der Waals surface area (Å²) in [5.74, 6) is -0.00467. The van der Waals surface area contributed by atoms with Crippen LogP contribution in [0.5, 0.6) is 0 Å². The number of carbonyl (C=O) groups is 2. The highest BCUT2D eigenvalue weighted by Gasteiger charge is 2.35. The first kappa shape index (κ1) is 17.9. The zero-order chi connectivity index (χ0) is 17.8. The van der Waals surface area contributed by atoms with Crippen LogP contribution in [0.15, 0.2) is 24.3 Å². The van der Waals surface area contributed by atoms with E-state index < -0.39 is 5.97 Å². The molecule has 1 heterocycles. The Balaban J connectivity index is 1.65. The van der Waals surface area contributed by atoms with Crippen molar-refractivity contribution >= 4 is 11.9 Å². The molecule has 0 spiro atoms. The number of carboxylic acid groups (broad SMARTS) is 1. The Morgan fingerprint density at radius 3 is 2.64 bits per heavy atom. The second kappa shape index (κ2) is 8.00. The van der Waals surface area contributed by atoms with Crippen LogP contribution in [0.2, 0.25) is 0 Å². The van der Waals surface area contributed by atoms with Gasteiger partial charge in [0, 0.05) is 31.6 Å². The number of hydrogen-bond acceptors (Lipinski definition) is 3. The van der Waals surface area contributed by atoms with Crippen LogP contribution in [-0.4, -0.2) is 41.0 Å². The van der Waals surface area contributed by atoms with Crippen LogP contribution in [0.3, 0.4) is 0 Å². The van der Waals surface area contributed by atoms with Crippen LogP contribution in [0.4, 0.5) is 0 Å². The van der Waals surface area contributed by atoms with Crippen LogP contribution in [0.1, 0.15) is 54.9 Å². The summed E-state index contributed by atoms with van der Waals surface area (Å²) in [5, 5.41) is 12.6. The number of likely N-dealkylation sites (tertiary alicyclic amines) is 1. The molecule has 2 fully saturated rings.